The van der Waals surface area contributed by atoms with Crippen LogP contribution in [0.25, 0.3) is 0 Å². The van der Waals surface area contributed by atoms with E-state index in [1.165, 1.54) is 0 Å². The van der Waals surface area contributed by atoms with Crippen molar-refractivity contribution in [2.45, 2.75) is 25.9 Å². The number of guanidine groups is 1. The highest BCUT2D eigenvalue weighted by Gasteiger charge is 2.28. The molecule has 24 heavy (non-hydrogen) atoms. The van der Waals surface area contributed by atoms with Gasteiger partial charge in [0.25, 0.3) is 0 Å². The maximum Gasteiger partial charge on any atom is 0.191 e. The van der Waals surface area contributed by atoms with Gasteiger partial charge in [0.15, 0.2) is 5.96 Å². The van der Waals surface area contributed by atoms with Crippen molar-refractivity contribution in [1.82, 2.24) is 15.5 Å². The van der Waals surface area contributed by atoms with Crippen molar-refractivity contribution in [2.75, 3.05) is 47.0 Å². The molecule has 1 aliphatic heterocycles. The van der Waals surface area contributed by atoms with Gasteiger partial charge in [0.2, 0.25) is 0 Å². The Hall–Kier alpha value is -1.79. The highest BCUT2D eigenvalue weighted by molar-refractivity contribution is 5.79. The van der Waals surface area contributed by atoms with Gasteiger partial charge >= 0.3 is 0 Å². The SMILES string of the molecule is CN=C(NCc1cccc(OC)c1)NCC(C)(C)N1CCOCC1. The van der Waals surface area contributed by atoms with Crippen LogP contribution in [0.15, 0.2) is 29.3 Å². The Balaban J connectivity index is 1.83. The number of nitrogens with one attached hydrogen (secondary N) is 2. The largest absolute Gasteiger partial charge is 0.497 e. The molecule has 0 bridgehead atoms. The number of hydrogen-bond donors (Lipinski definition) is 2. The maximum absolute atomic E-state index is 5.44. The zero-order valence-corrected chi connectivity index (χ0v) is 15.3. The summed E-state index contributed by atoms with van der Waals surface area (Å²) < 4.78 is 10.7. The predicted molar refractivity (Wildman–Crippen MR) is 97.7 cm³/mol. The van der Waals surface area contributed by atoms with E-state index in [9.17, 15) is 0 Å². The van der Waals surface area contributed by atoms with Crippen LogP contribution in [0.5, 0.6) is 5.75 Å². The van der Waals surface area contributed by atoms with Gasteiger partial charge in [-0.15, -0.1) is 0 Å². The van der Waals surface area contributed by atoms with E-state index < -0.39 is 0 Å². The van der Waals surface area contributed by atoms with Gasteiger partial charge in [-0.2, -0.15) is 0 Å². The standard InChI is InChI=1S/C18H30N4O2/c1-18(2,22-8-10-24-11-9-22)14-21-17(19-3)20-13-15-6-5-7-16(12-15)23-4/h5-7,12H,8-11,13-14H2,1-4H3,(H2,19,20,21). The number of rotatable bonds is 6. The second-order valence-corrected chi connectivity index (χ2v) is 6.54. The smallest absolute Gasteiger partial charge is 0.191 e. The Morgan fingerprint density at radius 2 is 2.04 bits per heavy atom. The molecule has 1 aromatic rings. The van der Waals surface area contributed by atoms with Crippen LogP contribution in [0.1, 0.15) is 19.4 Å². The van der Waals surface area contributed by atoms with Gasteiger partial charge < -0.3 is 20.1 Å². The lowest BCUT2D eigenvalue weighted by molar-refractivity contribution is -0.00834. The van der Waals surface area contributed by atoms with Gasteiger partial charge in [-0.1, -0.05) is 12.1 Å². The fraction of sp³-hybridized carbons (Fsp3) is 0.611. The van der Waals surface area contributed by atoms with Crippen LogP contribution in [0, 0.1) is 0 Å². The van der Waals surface area contributed by atoms with Gasteiger partial charge in [0, 0.05) is 38.8 Å². The van der Waals surface area contributed by atoms with E-state index in [0.29, 0.717) is 6.54 Å². The molecule has 0 saturated carbocycles. The molecule has 2 rings (SSSR count). The van der Waals surface area contributed by atoms with Gasteiger partial charge in [-0.3, -0.25) is 9.89 Å². The first-order chi connectivity index (χ1) is 11.5. The van der Waals surface area contributed by atoms with E-state index in [0.717, 1.165) is 50.1 Å². The Labute approximate surface area is 145 Å². The summed E-state index contributed by atoms with van der Waals surface area (Å²) in [6.45, 7) is 9.61. The Morgan fingerprint density at radius 1 is 1.29 bits per heavy atom. The molecular formula is C18H30N4O2. The fourth-order valence-corrected chi connectivity index (χ4v) is 2.77. The van der Waals surface area contributed by atoms with E-state index in [1.54, 1.807) is 14.2 Å². The van der Waals surface area contributed by atoms with E-state index in [1.807, 2.05) is 18.2 Å². The predicted octanol–water partition coefficient (Wildman–Crippen LogP) is 1.47. The summed E-state index contributed by atoms with van der Waals surface area (Å²) in [7, 11) is 3.48. The molecule has 0 aromatic heterocycles. The van der Waals surface area contributed by atoms with Crippen molar-refractivity contribution in [2.24, 2.45) is 4.99 Å². The number of aliphatic imine (C=N–C) groups is 1. The van der Waals surface area contributed by atoms with Gasteiger partial charge in [-0.25, -0.2) is 0 Å². The van der Waals surface area contributed by atoms with E-state index in [2.05, 4.69) is 40.4 Å². The Morgan fingerprint density at radius 3 is 2.71 bits per heavy atom. The summed E-state index contributed by atoms with van der Waals surface area (Å²) in [6.07, 6.45) is 0. The lowest BCUT2D eigenvalue weighted by atomic mass is 10.0. The number of methoxy groups -OCH3 is 1. The third-order valence-electron chi connectivity index (χ3n) is 4.37. The number of hydrogen-bond acceptors (Lipinski definition) is 4. The molecule has 6 heteroatoms. The van der Waals surface area contributed by atoms with Crippen LogP contribution < -0.4 is 15.4 Å². The zero-order chi connectivity index (χ0) is 17.4. The van der Waals surface area contributed by atoms with Crippen LogP contribution in [-0.4, -0.2) is 63.4 Å². The summed E-state index contributed by atoms with van der Waals surface area (Å²) >= 11 is 0. The lowest BCUT2D eigenvalue weighted by Crippen LogP contribution is -2.56. The molecule has 0 atom stereocenters. The van der Waals surface area contributed by atoms with Crippen LogP contribution in [0.4, 0.5) is 0 Å². The third-order valence-corrected chi connectivity index (χ3v) is 4.37. The molecule has 1 saturated heterocycles. The zero-order valence-electron chi connectivity index (χ0n) is 15.3. The van der Waals surface area contributed by atoms with Crippen LogP contribution in [0.3, 0.4) is 0 Å². The molecular weight excluding hydrogens is 304 g/mol. The highest BCUT2D eigenvalue weighted by Crippen LogP contribution is 2.15. The molecule has 0 spiro atoms. The first kappa shape index (κ1) is 18.5. The number of morpholine rings is 1. The van der Waals surface area contributed by atoms with E-state index in [-0.39, 0.29) is 5.54 Å². The molecule has 0 aliphatic carbocycles. The monoisotopic (exact) mass is 334 g/mol. The number of benzene rings is 1. The van der Waals surface area contributed by atoms with Gasteiger partial charge in [-0.05, 0) is 31.5 Å². The molecule has 2 N–H and O–H groups in total. The van der Waals surface area contributed by atoms with Crippen molar-refractivity contribution in [3.8, 4) is 5.75 Å². The van der Waals surface area contributed by atoms with Crippen LogP contribution in [-0.2, 0) is 11.3 Å². The summed E-state index contributed by atoms with van der Waals surface area (Å²) in [6, 6.07) is 8.04. The second-order valence-electron chi connectivity index (χ2n) is 6.54. The molecule has 0 radical (unpaired) electrons. The fourth-order valence-electron chi connectivity index (χ4n) is 2.77. The minimum Gasteiger partial charge on any atom is -0.497 e. The number of ether oxygens (including phenoxy) is 2. The number of nitrogens with zero attached hydrogens (tertiary/aromatic N) is 2. The normalized spacial score (nSPS) is 16.8. The first-order valence-corrected chi connectivity index (χ1v) is 8.45. The molecule has 1 fully saturated rings. The van der Waals surface area contributed by atoms with Crippen LogP contribution >= 0.6 is 0 Å². The Kier molecular flexibility index (Phi) is 6.87. The molecule has 1 aliphatic rings. The average Bonchev–Trinajstić information content (AvgIpc) is 2.62. The first-order valence-electron chi connectivity index (χ1n) is 8.45. The highest BCUT2D eigenvalue weighted by atomic mass is 16.5. The minimum absolute atomic E-state index is 0.0529. The van der Waals surface area contributed by atoms with Gasteiger partial charge in [0.1, 0.15) is 5.75 Å². The summed E-state index contributed by atoms with van der Waals surface area (Å²) in [5, 5.41) is 6.78. The van der Waals surface area contributed by atoms with Crippen molar-refractivity contribution in [1.29, 1.82) is 0 Å². The summed E-state index contributed by atoms with van der Waals surface area (Å²) in [5.41, 5.74) is 1.21. The van der Waals surface area contributed by atoms with Crippen molar-refractivity contribution in [3.63, 3.8) is 0 Å². The Bertz CT molecular complexity index is 540. The molecule has 134 valence electrons. The quantitative estimate of drug-likeness (QED) is 0.609. The molecule has 1 aromatic carbocycles. The second kappa shape index (κ2) is 8.89. The topological polar surface area (TPSA) is 58.1 Å². The van der Waals surface area contributed by atoms with E-state index in [4.69, 9.17) is 9.47 Å². The van der Waals surface area contributed by atoms with Gasteiger partial charge in [0.05, 0.1) is 20.3 Å². The molecule has 1 heterocycles. The lowest BCUT2D eigenvalue weighted by Gasteiger charge is -2.41. The van der Waals surface area contributed by atoms with E-state index >= 15 is 0 Å². The van der Waals surface area contributed by atoms with Crippen LogP contribution in [0.2, 0.25) is 0 Å². The summed E-state index contributed by atoms with van der Waals surface area (Å²) in [5.74, 6) is 1.67. The van der Waals surface area contributed by atoms with Crippen molar-refractivity contribution >= 4 is 5.96 Å². The molecule has 0 amide bonds. The molecule has 0 unspecified atom stereocenters. The van der Waals surface area contributed by atoms with Crippen molar-refractivity contribution < 1.29 is 9.47 Å². The summed E-state index contributed by atoms with van der Waals surface area (Å²) in [4.78, 5) is 6.77. The third kappa shape index (κ3) is 5.39. The maximum atomic E-state index is 5.44. The average molecular weight is 334 g/mol. The molecule has 6 nitrogen and oxygen atoms in total. The minimum atomic E-state index is 0.0529. The van der Waals surface area contributed by atoms with Crippen molar-refractivity contribution in [3.05, 3.63) is 29.8 Å².